The van der Waals surface area contributed by atoms with E-state index in [4.69, 9.17) is 4.74 Å². The number of fused-ring (bicyclic) bond motifs is 4. The van der Waals surface area contributed by atoms with Gasteiger partial charge in [0.25, 0.3) is 0 Å². The number of benzene rings is 1. The van der Waals surface area contributed by atoms with Gasteiger partial charge in [-0.2, -0.15) is 0 Å². The minimum absolute atomic E-state index is 0.178. The van der Waals surface area contributed by atoms with E-state index in [-0.39, 0.29) is 6.04 Å². The molecule has 0 amide bonds. The Morgan fingerprint density at radius 3 is 3.00 bits per heavy atom. The normalized spacial score (nSPS) is 30.2. The highest BCUT2D eigenvalue weighted by Gasteiger charge is 2.42. The molecule has 3 aliphatic heterocycles. The molecule has 4 heterocycles. The number of hydrogen-bond donors (Lipinski definition) is 1. The summed E-state index contributed by atoms with van der Waals surface area (Å²) in [5.41, 5.74) is 1.85. The smallest absolute Gasteiger partial charge is 0.119 e. The molecule has 5 atom stereocenters. The first-order valence-corrected chi connectivity index (χ1v) is 8.68. The monoisotopic (exact) mass is 324 g/mol. The number of aromatic nitrogens is 1. The van der Waals surface area contributed by atoms with Gasteiger partial charge < -0.3 is 9.84 Å². The molecule has 2 aromatic rings. The summed E-state index contributed by atoms with van der Waals surface area (Å²) in [4.78, 5) is 6.86. The van der Waals surface area contributed by atoms with Crippen molar-refractivity contribution in [1.29, 1.82) is 0 Å². The Bertz CT molecular complexity index is 760. The van der Waals surface area contributed by atoms with Crippen LogP contribution in [-0.2, 0) is 0 Å². The molecular weight excluding hydrogens is 300 g/mol. The topological polar surface area (TPSA) is 45.6 Å². The minimum atomic E-state index is -0.504. The largest absolute Gasteiger partial charge is 0.497 e. The van der Waals surface area contributed by atoms with E-state index in [1.807, 2.05) is 24.3 Å². The van der Waals surface area contributed by atoms with Crippen molar-refractivity contribution in [3.8, 4) is 5.75 Å². The number of hydrogen-bond acceptors (Lipinski definition) is 4. The molecule has 0 aliphatic carbocycles. The third-order valence-electron chi connectivity index (χ3n) is 5.82. The number of aliphatic hydroxyl groups is 1. The molecule has 4 heteroatoms. The van der Waals surface area contributed by atoms with Crippen LogP contribution in [0.5, 0.6) is 5.75 Å². The zero-order valence-electron chi connectivity index (χ0n) is 14.1. The molecule has 5 rings (SSSR count). The Kier molecular flexibility index (Phi) is 4.02. The fourth-order valence-corrected chi connectivity index (χ4v) is 4.44. The van der Waals surface area contributed by atoms with Crippen LogP contribution in [0.2, 0.25) is 0 Å². The van der Waals surface area contributed by atoms with Crippen LogP contribution < -0.4 is 4.74 Å². The first-order chi connectivity index (χ1) is 11.7. The molecule has 3 saturated heterocycles. The Labute approximate surface area is 142 Å². The van der Waals surface area contributed by atoms with E-state index in [0.717, 1.165) is 41.7 Å². The Morgan fingerprint density at radius 2 is 2.29 bits per heavy atom. The van der Waals surface area contributed by atoms with Crippen LogP contribution >= 0.6 is 0 Å². The lowest BCUT2D eigenvalue weighted by atomic mass is 9.73. The molecule has 4 nitrogen and oxygen atoms in total. The highest BCUT2D eigenvalue weighted by Crippen LogP contribution is 2.42. The third kappa shape index (κ3) is 2.50. The number of aliphatic hydroxyl groups excluding tert-OH is 1. The maximum absolute atomic E-state index is 11.2. The van der Waals surface area contributed by atoms with Gasteiger partial charge in [-0.3, -0.25) is 9.88 Å². The van der Waals surface area contributed by atoms with E-state index >= 15 is 0 Å². The summed E-state index contributed by atoms with van der Waals surface area (Å²) in [6.45, 7) is 6.07. The summed E-state index contributed by atoms with van der Waals surface area (Å²) in [5, 5.41) is 12.1. The molecule has 1 aromatic carbocycles. The van der Waals surface area contributed by atoms with Crippen molar-refractivity contribution >= 4 is 10.9 Å². The van der Waals surface area contributed by atoms with Crippen LogP contribution in [0.15, 0.2) is 43.1 Å². The van der Waals surface area contributed by atoms with E-state index in [1.165, 1.54) is 6.42 Å². The molecular formula is C20H24N2O2. The number of nitrogens with zero attached hydrogens (tertiary/aromatic N) is 2. The number of ether oxygens (including phenoxy) is 1. The van der Waals surface area contributed by atoms with Crippen LogP contribution in [0.3, 0.4) is 0 Å². The standard InChI is InChI=1S/C20H24N2O2/c1-3-13-12-22-9-7-14(13)10-19(22)20(23)16-6-8-21-18-5-4-15(24-2)11-17(16)18/h3-6,8,11,13-14,19-20,23H,1,7,9-10,12H2,2H3/t13?,14-,19?,20-/m0/s1. The molecule has 1 aromatic heterocycles. The van der Waals surface area contributed by atoms with Crippen LogP contribution in [0.4, 0.5) is 0 Å². The molecule has 0 radical (unpaired) electrons. The van der Waals surface area contributed by atoms with Crippen molar-refractivity contribution in [2.45, 2.75) is 25.0 Å². The summed E-state index contributed by atoms with van der Waals surface area (Å²) in [6.07, 6.45) is 5.62. The highest BCUT2D eigenvalue weighted by atomic mass is 16.5. The molecule has 126 valence electrons. The lowest BCUT2D eigenvalue weighted by Crippen LogP contribution is -2.54. The van der Waals surface area contributed by atoms with Crippen LogP contribution in [-0.4, -0.2) is 41.2 Å². The zero-order valence-corrected chi connectivity index (χ0v) is 14.1. The molecule has 3 unspecified atom stereocenters. The molecule has 24 heavy (non-hydrogen) atoms. The predicted molar refractivity (Wildman–Crippen MR) is 95.0 cm³/mol. The Morgan fingerprint density at radius 1 is 1.42 bits per heavy atom. The van der Waals surface area contributed by atoms with Gasteiger partial charge in [-0.25, -0.2) is 0 Å². The zero-order chi connectivity index (χ0) is 16.7. The molecule has 1 N–H and O–H groups in total. The van der Waals surface area contributed by atoms with Crippen molar-refractivity contribution in [3.63, 3.8) is 0 Å². The average molecular weight is 324 g/mol. The van der Waals surface area contributed by atoms with Gasteiger partial charge in [0.05, 0.1) is 18.7 Å². The summed E-state index contributed by atoms with van der Waals surface area (Å²) in [5.74, 6) is 2.01. The predicted octanol–water partition coefficient (Wildman–Crippen LogP) is 3.17. The summed E-state index contributed by atoms with van der Waals surface area (Å²) >= 11 is 0. The van der Waals surface area contributed by atoms with Gasteiger partial charge in [0, 0.05) is 24.2 Å². The second-order valence-corrected chi connectivity index (χ2v) is 6.97. The van der Waals surface area contributed by atoms with Gasteiger partial charge in [0.1, 0.15) is 5.75 Å². The van der Waals surface area contributed by atoms with Crippen molar-refractivity contribution in [2.24, 2.45) is 11.8 Å². The van der Waals surface area contributed by atoms with Gasteiger partial charge in [-0.15, -0.1) is 6.58 Å². The summed E-state index contributed by atoms with van der Waals surface area (Å²) in [7, 11) is 1.66. The van der Waals surface area contributed by atoms with Crippen molar-refractivity contribution in [1.82, 2.24) is 9.88 Å². The van der Waals surface area contributed by atoms with Crippen molar-refractivity contribution in [3.05, 3.63) is 48.7 Å². The first kappa shape index (κ1) is 15.6. The fourth-order valence-electron chi connectivity index (χ4n) is 4.44. The Balaban J connectivity index is 1.69. The van der Waals surface area contributed by atoms with E-state index in [9.17, 15) is 5.11 Å². The second kappa shape index (κ2) is 6.19. The Hall–Kier alpha value is -1.91. The van der Waals surface area contributed by atoms with Gasteiger partial charge in [-0.05, 0) is 61.1 Å². The van der Waals surface area contributed by atoms with E-state index in [0.29, 0.717) is 11.8 Å². The summed E-state index contributed by atoms with van der Waals surface area (Å²) in [6, 6.07) is 7.96. The maximum atomic E-state index is 11.2. The van der Waals surface area contributed by atoms with Gasteiger partial charge in [0.2, 0.25) is 0 Å². The molecule has 3 aliphatic rings. The molecule has 0 spiro atoms. The quantitative estimate of drug-likeness (QED) is 0.878. The van der Waals surface area contributed by atoms with Crippen LogP contribution in [0.25, 0.3) is 10.9 Å². The van der Waals surface area contributed by atoms with Gasteiger partial charge >= 0.3 is 0 Å². The molecule has 3 fully saturated rings. The minimum Gasteiger partial charge on any atom is -0.497 e. The van der Waals surface area contributed by atoms with Gasteiger partial charge in [-0.1, -0.05) is 6.08 Å². The molecule has 0 saturated carbocycles. The van der Waals surface area contributed by atoms with Crippen molar-refractivity contribution < 1.29 is 9.84 Å². The van der Waals surface area contributed by atoms with E-state index in [1.54, 1.807) is 13.3 Å². The number of piperidine rings is 3. The second-order valence-electron chi connectivity index (χ2n) is 6.97. The average Bonchev–Trinajstić information content (AvgIpc) is 2.66. The highest BCUT2D eigenvalue weighted by molar-refractivity contribution is 5.83. The lowest BCUT2D eigenvalue weighted by molar-refractivity contribution is -0.0444. The SMILES string of the molecule is C=CC1CN2CC[C@H]1CC2[C@@H](O)c1ccnc2ccc(OC)cc12. The number of methoxy groups -OCH3 is 1. The van der Waals surface area contributed by atoms with E-state index < -0.39 is 6.10 Å². The third-order valence-corrected chi connectivity index (χ3v) is 5.82. The summed E-state index contributed by atoms with van der Waals surface area (Å²) < 4.78 is 5.35. The van der Waals surface area contributed by atoms with Crippen LogP contribution in [0.1, 0.15) is 24.5 Å². The first-order valence-electron chi connectivity index (χ1n) is 8.68. The molecule has 2 bridgehead atoms. The van der Waals surface area contributed by atoms with Crippen molar-refractivity contribution in [2.75, 3.05) is 20.2 Å². The van der Waals surface area contributed by atoms with E-state index in [2.05, 4.69) is 22.5 Å². The lowest BCUT2D eigenvalue weighted by Gasteiger charge is -2.50. The number of pyridine rings is 1. The fraction of sp³-hybridized carbons (Fsp3) is 0.450. The van der Waals surface area contributed by atoms with Gasteiger partial charge in [0.15, 0.2) is 0 Å². The number of rotatable bonds is 4. The van der Waals surface area contributed by atoms with Crippen LogP contribution in [0, 0.1) is 11.8 Å². The maximum Gasteiger partial charge on any atom is 0.119 e.